The maximum atomic E-state index is 5.55. The second-order valence-electron chi connectivity index (χ2n) is 6.67. The maximum absolute atomic E-state index is 5.55. The molecule has 1 unspecified atom stereocenters. The van der Waals surface area contributed by atoms with Crippen LogP contribution in [0, 0.1) is 12.8 Å². The minimum atomic E-state index is 0.332. The molecule has 0 bridgehead atoms. The smallest absolute Gasteiger partial charge is 0.123 e. The van der Waals surface area contributed by atoms with E-state index in [0.717, 1.165) is 11.7 Å². The number of ether oxygens (including phenoxy) is 1. The van der Waals surface area contributed by atoms with Crippen molar-refractivity contribution < 1.29 is 4.74 Å². The van der Waals surface area contributed by atoms with Crippen molar-refractivity contribution in [3.05, 3.63) is 29.3 Å². The van der Waals surface area contributed by atoms with Crippen molar-refractivity contribution >= 4 is 0 Å². The van der Waals surface area contributed by atoms with Gasteiger partial charge in [0.05, 0.1) is 7.11 Å². The van der Waals surface area contributed by atoms with Crippen LogP contribution in [0.25, 0.3) is 0 Å². The molecule has 2 heteroatoms. The van der Waals surface area contributed by atoms with Gasteiger partial charge in [0.2, 0.25) is 0 Å². The van der Waals surface area contributed by atoms with E-state index < -0.39 is 0 Å². The van der Waals surface area contributed by atoms with E-state index in [-0.39, 0.29) is 0 Å². The van der Waals surface area contributed by atoms with Crippen molar-refractivity contribution in [2.45, 2.75) is 71.4 Å². The van der Waals surface area contributed by atoms with Crippen LogP contribution in [-0.4, -0.2) is 13.2 Å². The lowest BCUT2D eigenvalue weighted by molar-refractivity contribution is 0.312. The van der Waals surface area contributed by atoms with E-state index in [9.17, 15) is 0 Å². The molecule has 1 aliphatic carbocycles. The van der Waals surface area contributed by atoms with Crippen molar-refractivity contribution in [1.82, 2.24) is 5.32 Å². The molecule has 0 saturated heterocycles. The molecule has 2 rings (SSSR count). The van der Waals surface area contributed by atoms with Crippen LogP contribution in [0.1, 0.15) is 69.5 Å². The molecule has 0 aliphatic heterocycles. The summed E-state index contributed by atoms with van der Waals surface area (Å²) in [7, 11) is 1.76. The highest BCUT2D eigenvalue weighted by molar-refractivity contribution is 5.39. The first-order valence-corrected chi connectivity index (χ1v) is 8.52. The van der Waals surface area contributed by atoms with Gasteiger partial charge in [-0.25, -0.2) is 0 Å². The van der Waals surface area contributed by atoms with Gasteiger partial charge < -0.3 is 10.1 Å². The highest BCUT2D eigenvalue weighted by Crippen LogP contribution is 2.29. The molecule has 0 spiro atoms. The van der Waals surface area contributed by atoms with E-state index in [1.165, 1.54) is 49.7 Å². The molecule has 1 saturated carbocycles. The third-order valence-electron chi connectivity index (χ3n) is 4.98. The number of aryl methyl sites for hydroxylation is 1. The Morgan fingerprint density at radius 1 is 1.10 bits per heavy atom. The minimum absolute atomic E-state index is 0.332. The van der Waals surface area contributed by atoms with Crippen LogP contribution in [0.5, 0.6) is 5.75 Å². The molecule has 1 aliphatic rings. The lowest BCUT2D eigenvalue weighted by atomic mass is 9.92. The Morgan fingerprint density at radius 3 is 2.38 bits per heavy atom. The summed E-state index contributed by atoms with van der Waals surface area (Å²) in [5.41, 5.74) is 2.52. The Balaban J connectivity index is 2.01. The molecule has 2 nitrogen and oxygen atoms in total. The fourth-order valence-electron chi connectivity index (χ4n) is 3.61. The third kappa shape index (κ3) is 4.47. The van der Waals surface area contributed by atoms with Crippen LogP contribution in [0.15, 0.2) is 18.2 Å². The molecule has 0 aromatic heterocycles. The Bertz CT molecular complexity index is 435. The largest absolute Gasteiger partial charge is 0.496 e. The average Bonchev–Trinajstić information content (AvgIpc) is 2.75. The van der Waals surface area contributed by atoms with Crippen molar-refractivity contribution in [3.8, 4) is 5.75 Å². The van der Waals surface area contributed by atoms with Crippen LogP contribution in [-0.2, 0) is 0 Å². The molecular weight excluding hydrogens is 258 g/mol. The SMILES string of the molecule is COc1cc(C)ccc1C(C)N[C@H](C)C1CCCCCC1. The van der Waals surface area contributed by atoms with Crippen molar-refractivity contribution in [1.29, 1.82) is 0 Å². The van der Waals surface area contributed by atoms with Crippen LogP contribution in [0.2, 0.25) is 0 Å². The van der Waals surface area contributed by atoms with Crippen molar-refractivity contribution in [2.24, 2.45) is 5.92 Å². The summed E-state index contributed by atoms with van der Waals surface area (Å²) >= 11 is 0. The van der Waals surface area contributed by atoms with Gasteiger partial charge in [0.25, 0.3) is 0 Å². The highest BCUT2D eigenvalue weighted by atomic mass is 16.5. The third-order valence-corrected chi connectivity index (χ3v) is 4.98. The second kappa shape index (κ2) is 7.84. The first-order chi connectivity index (χ1) is 10.1. The summed E-state index contributed by atoms with van der Waals surface area (Å²) in [5, 5.41) is 3.81. The lowest BCUT2D eigenvalue weighted by Crippen LogP contribution is -2.35. The van der Waals surface area contributed by atoms with Gasteiger partial charge in [0.1, 0.15) is 5.75 Å². The van der Waals surface area contributed by atoms with Gasteiger partial charge in [-0.1, -0.05) is 37.8 Å². The Hall–Kier alpha value is -1.02. The van der Waals surface area contributed by atoms with E-state index in [0.29, 0.717) is 12.1 Å². The molecule has 0 amide bonds. The predicted molar refractivity (Wildman–Crippen MR) is 89.9 cm³/mol. The molecule has 1 fully saturated rings. The molecule has 21 heavy (non-hydrogen) atoms. The lowest BCUT2D eigenvalue weighted by Gasteiger charge is -2.28. The van der Waals surface area contributed by atoms with Gasteiger partial charge in [-0.05, 0) is 51.2 Å². The van der Waals surface area contributed by atoms with Crippen LogP contribution in [0.4, 0.5) is 0 Å². The van der Waals surface area contributed by atoms with E-state index in [1.807, 2.05) is 0 Å². The van der Waals surface area contributed by atoms with E-state index >= 15 is 0 Å². The van der Waals surface area contributed by atoms with Crippen LogP contribution < -0.4 is 10.1 Å². The highest BCUT2D eigenvalue weighted by Gasteiger charge is 2.21. The number of benzene rings is 1. The van der Waals surface area contributed by atoms with Gasteiger partial charge in [0.15, 0.2) is 0 Å². The topological polar surface area (TPSA) is 21.3 Å². The van der Waals surface area contributed by atoms with Gasteiger partial charge in [-0.2, -0.15) is 0 Å². The Labute approximate surface area is 130 Å². The number of nitrogens with one attached hydrogen (secondary N) is 1. The Morgan fingerprint density at radius 2 is 1.76 bits per heavy atom. The summed E-state index contributed by atoms with van der Waals surface area (Å²) < 4.78 is 5.55. The first kappa shape index (κ1) is 16.4. The zero-order valence-electron chi connectivity index (χ0n) is 14.1. The Kier molecular flexibility index (Phi) is 6.10. The summed E-state index contributed by atoms with van der Waals surface area (Å²) in [6, 6.07) is 7.41. The van der Waals surface area contributed by atoms with Gasteiger partial charge in [0, 0.05) is 17.6 Å². The number of hydrogen-bond donors (Lipinski definition) is 1. The fraction of sp³-hybridized carbons (Fsp3) is 0.684. The first-order valence-electron chi connectivity index (χ1n) is 8.52. The molecule has 1 aromatic carbocycles. The van der Waals surface area contributed by atoms with E-state index in [2.05, 4.69) is 44.3 Å². The van der Waals surface area contributed by atoms with E-state index in [1.54, 1.807) is 7.11 Å². The molecule has 0 heterocycles. The zero-order chi connectivity index (χ0) is 15.2. The van der Waals surface area contributed by atoms with Crippen LogP contribution in [0.3, 0.4) is 0 Å². The number of methoxy groups -OCH3 is 1. The van der Waals surface area contributed by atoms with Crippen molar-refractivity contribution in [2.75, 3.05) is 7.11 Å². The summed E-state index contributed by atoms with van der Waals surface area (Å²) in [6.07, 6.45) is 8.41. The molecular formula is C19H31NO. The minimum Gasteiger partial charge on any atom is -0.496 e. The van der Waals surface area contributed by atoms with Crippen molar-refractivity contribution in [3.63, 3.8) is 0 Å². The monoisotopic (exact) mass is 289 g/mol. The summed E-state index contributed by atoms with van der Waals surface area (Å²) in [4.78, 5) is 0. The summed E-state index contributed by atoms with van der Waals surface area (Å²) in [6.45, 7) is 6.71. The van der Waals surface area contributed by atoms with E-state index in [4.69, 9.17) is 4.74 Å². The van der Waals surface area contributed by atoms with Crippen LogP contribution >= 0.6 is 0 Å². The molecule has 118 valence electrons. The summed E-state index contributed by atoms with van der Waals surface area (Å²) in [5.74, 6) is 1.83. The number of rotatable bonds is 5. The second-order valence-corrected chi connectivity index (χ2v) is 6.67. The molecule has 2 atom stereocenters. The quantitative estimate of drug-likeness (QED) is 0.769. The van der Waals surface area contributed by atoms with Gasteiger partial charge >= 0.3 is 0 Å². The molecule has 1 aromatic rings. The maximum Gasteiger partial charge on any atom is 0.123 e. The number of hydrogen-bond acceptors (Lipinski definition) is 2. The molecule has 1 N–H and O–H groups in total. The zero-order valence-corrected chi connectivity index (χ0v) is 14.1. The predicted octanol–water partition coefficient (Wildman–Crippen LogP) is 5.01. The fourth-order valence-corrected chi connectivity index (χ4v) is 3.61. The molecule has 0 radical (unpaired) electrons. The average molecular weight is 289 g/mol. The standard InChI is InChI=1S/C19H31NO/c1-14-11-12-18(19(13-14)21-4)16(3)20-15(2)17-9-7-5-6-8-10-17/h11-13,15-17,20H,5-10H2,1-4H3/t15-,16?/m1/s1. The normalized spacial score (nSPS) is 19.8. The van der Waals surface area contributed by atoms with Gasteiger partial charge in [-0.15, -0.1) is 0 Å². The van der Waals surface area contributed by atoms with Gasteiger partial charge in [-0.3, -0.25) is 0 Å².